The summed E-state index contributed by atoms with van der Waals surface area (Å²) in [4.78, 5) is 52.5. The van der Waals surface area contributed by atoms with E-state index in [4.69, 9.17) is 25.8 Å². The second kappa shape index (κ2) is 18.1. The molecule has 330 valence electrons. The summed E-state index contributed by atoms with van der Waals surface area (Å²) in [6.45, 7) is 6.48. The molecule has 3 fully saturated rings. The van der Waals surface area contributed by atoms with Crippen LogP contribution in [-0.2, 0) is 37.3 Å². The van der Waals surface area contributed by atoms with E-state index < -0.39 is 31.4 Å². The highest BCUT2D eigenvalue weighted by atomic mass is 35.5. The van der Waals surface area contributed by atoms with Gasteiger partial charge in [-0.15, -0.1) is 0 Å². The number of amides is 2. The first-order chi connectivity index (χ1) is 30.5. The summed E-state index contributed by atoms with van der Waals surface area (Å²) in [7, 11) is -4.58. The topological polar surface area (TPSA) is 202 Å². The molecule has 4 aliphatic rings. The standard InChI is InChI=1S/C44H47ClN8O9S/c45-33-2-1-29-18-35(52(24-31(29)17-33)44(55)32-26-61-27-32)25-50-11-13-51(14-12-50)34-3-5-38(41(20-34)62-36-19-30-7-10-46-42(30)48-23-36)43(54)49-63(58,59)37-4-6-39(40(21-37)53(56)57)47-22-28-8-15-60-16-9-28/h1-7,10,17,19-21,23,28,32,35,47H,8-9,11-16,18,22,24-27H2,(H,46,48)(H,49,54). The lowest BCUT2D eigenvalue weighted by atomic mass is 9.91. The molecule has 3 saturated heterocycles. The van der Waals surface area contributed by atoms with E-state index >= 15 is 0 Å². The van der Waals surface area contributed by atoms with Crippen molar-refractivity contribution in [3.63, 3.8) is 0 Å². The largest absolute Gasteiger partial charge is 0.455 e. The SMILES string of the molecule is O=C(NS(=O)(=O)c1ccc(NCC2CCOCC2)c([N+](=O)[O-])c1)c1ccc(N2CCN(CC3Cc4ccc(Cl)cc4CN3C(=O)C3COC3)CC2)cc1Oc1cnc2[nH]ccc2c1. The van der Waals surface area contributed by atoms with Gasteiger partial charge in [0.25, 0.3) is 21.6 Å². The maximum Gasteiger partial charge on any atom is 0.293 e. The fourth-order valence-corrected chi connectivity index (χ4v) is 9.82. The van der Waals surface area contributed by atoms with E-state index in [1.54, 1.807) is 24.4 Å². The van der Waals surface area contributed by atoms with Crippen molar-refractivity contribution in [3.05, 3.63) is 111 Å². The average Bonchev–Trinajstić information content (AvgIpc) is 3.73. The molecule has 0 bridgehead atoms. The third-order valence-corrected chi connectivity index (χ3v) is 13.9. The number of H-pyrrole nitrogens is 1. The Morgan fingerprint density at radius 2 is 1.78 bits per heavy atom. The number of aromatic nitrogens is 2. The predicted molar refractivity (Wildman–Crippen MR) is 235 cm³/mol. The molecule has 0 saturated carbocycles. The predicted octanol–water partition coefficient (Wildman–Crippen LogP) is 5.60. The normalized spacial score (nSPS) is 18.7. The summed E-state index contributed by atoms with van der Waals surface area (Å²) in [5.74, 6) is -0.324. The molecule has 0 radical (unpaired) electrons. The first-order valence-electron chi connectivity index (χ1n) is 21.0. The molecule has 6 heterocycles. The molecule has 19 heteroatoms. The molecule has 3 aromatic carbocycles. The number of hydrogen-bond donors (Lipinski definition) is 3. The number of ether oxygens (including phenoxy) is 3. The monoisotopic (exact) mass is 898 g/mol. The van der Waals surface area contributed by atoms with Gasteiger partial charge < -0.3 is 34.3 Å². The number of sulfonamides is 1. The Labute approximate surface area is 368 Å². The van der Waals surface area contributed by atoms with Crippen molar-refractivity contribution in [1.82, 2.24) is 24.5 Å². The minimum Gasteiger partial charge on any atom is -0.455 e. The highest BCUT2D eigenvalue weighted by Crippen LogP contribution is 2.34. The Morgan fingerprint density at radius 3 is 2.54 bits per heavy atom. The number of hydrogen-bond acceptors (Lipinski definition) is 13. The number of nitro benzene ring substituents is 1. The van der Waals surface area contributed by atoms with Gasteiger partial charge in [0.1, 0.15) is 22.8 Å². The maximum atomic E-state index is 13.9. The van der Waals surface area contributed by atoms with Crippen LogP contribution in [0.3, 0.4) is 0 Å². The molecule has 0 aliphatic carbocycles. The van der Waals surface area contributed by atoms with Gasteiger partial charge in [0.2, 0.25) is 5.91 Å². The Bertz CT molecular complexity index is 2650. The van der Waals surface area contributed by atoms with Crippen molar-refractivity contribution in [3.8, 4) is 11.5 Å². The summed E-state index contributed by atoms with van der Waals surface area (Å²) in [5, 5.41) is 16.6. The number of aromatic amines is 1. The summed E-state index contributed by atoms with van der Waals surface area (Å²) < 4.78 is 46.5. The zero-order valence-corrected chi connectivity index (χ0v) is 35.9. The van der Waals surface area contributed by atoms with E-state index in [-0.39, 0.29) is 40.8 Å². The number of nitro groups is 1. The molecule has 4 aliphatic heterocycles. The number of nitrogens with zero attached hydrogens (tertiary/aromatic N) is 5. The van der Waals surface area contributed by atoms with Crippen LogP contribution in [-0.4, -0.2) is 117 Å². The average molecular weight is 899 g/mol. The number of anilines is 2. The van der Waals surface area contributed by atoms with E-state index in [1.807, 2.05) is 23.1 Å². The number of rotatable bonds is 13. The van der Waals surface area contributed by atoms with Crippen molar-refractivity contribution < 1.29 is 37.1 Å². The molecule has 5 aromatic rings. The Balaban J connectivity index is 0.915. The second-order valence-corrected chi connectivity index (χ2v) is 18.6. The number of nitrogens with one attached hydrogen (secondary N) is 3. The molecule has 9 rings (SSSR count). The van der Waals surface area contributed by atoms with E-state index in [1.165, 1.54) is 30.0 Å². The first kappa shape index (κ1) is 42.5. The number of carbonyl (C=O) groups excluding carboxylic acids is 2. The third-order valence-electron chi connectivity index (χ3n) is 12.3. The number of piperazine rings is 1. The number of halogens is 1. The van der Waals surface area contributed by atoms with Gasteiger partial charge in [-0.2, -0.15) is 0 Å². The smallest absolute Gasteiger partial charge is 0.293 e. The van der Waals surface area contributed by atoms with Gasteiger partial charge in [-0.1, -0.05) is 17.7 Å². The van der Waals surface area contributed by atoms with Crippen LogP contribution in [0.2, 0.25) is 5.02 Å². The van der Waals surface area contributed by atoms with Crippen molar-refractivity contribution in [2.45, 2.75) is 36.7 Å². The number of carbonyl (C=O) groups is 2. The van der Waals surface area contributed by atoms with Gasteiger partial charge in [-0.05, 0) is 84.8 Å². The van der Waals surface area contributed by atoms with E-state index in [0.717, 1.165) is 42.0 Å². The van der Waals surface area contributed by atoms with E-state index in [9.17, 15) is 28.1 Å². The molecular weight excluding hydrogens is 852 g/mol. The van der Waals surface area contributed by atoms with Crippen molar-refractivity contribution in [1.29, 1.82) is 0 Å². The Kier molecular flexibility index (Phi) is 12.2. The number of benzene rings is 3. The van der Waals surface area contributed by atoms with Crippen molar-refractivity contribution in [2.75, 3.05) is 75.9 Å². The molecular formula is C44H47ClN8O9S. The lowest BCUT2D eigenvalue weighted by Gasteiger charge is -2.44. The van der Waals surface area contributed by atoms with Crippen LogP contribution in [0.5, 0.6) is 11.5 Å². The van der Waals surface area contributed by atoms with Crippen LogP contribution in [0.15, 0.2) is 84.0 Å². The summed E-state index contributed by atoms with van der Waals surface area (Å²) in [6.07, 6.45) is 5.60. The van der Waals surface area contributed by atoms with Crippen molar-refractivity contribution >= 4 is 61.5 Å². The molecule has 3 N–H and O–H groups in total. The third kappa shape index (κ3) is 9.45. The summed E-state index contributed by atoms with van der Waals surface area (Å²) >= 11 is 6.33. The molecule has 0 spiro atoms. The van der Waals surface area contributed by atoms with Crippen LogP contribution in [0.4, 0.5) is 17.1 Å². The van der Waals surface area contributed by atoms with Gasteiger partial charge in [-0.3, -0.25) is 24.6 Å². The zero-order chi connectivity index (χ0) is 43.7. The van der Waals surface area contributed by atoms with Crippen LogP contribution < -0.4 is 19.7 Å². The van der Waals surface area contributed by atoms with Gasteiger partial charge in [0.05, 0.1) is 40.7 Å². The maximum absolute atomic E-state index is 13.9. The van der Waals surface area contributed by atoms with Crippen molar-refractivity contribution in [2.24, 2.45) is 11.8 Å². The van der Waals surface area contributed by atoms with Gasteiger partial charge in [-0.25, -0.2) is 18.1 Å². The minimum absolute atomic E-state index is 0.0127. The highest BCUT2D eigenvalue weighted by molar-refractivity contribution is 7.90. The zero-order valence-electron chi connectivity index (χ0n) is 34.3. The number of pyridine rings is 1. The summed E-state index contributed by atoms with van der Waals surface area (Å²) in [6, 6.07) is 17.9. The highest BCUT2D eigenvalue weighted by Gasteiger charge is 2.38. The van der Waals surface area contributed by atoms with Gasteiger partial charge >= 0.3 is 0 Å². The summed E-state index contributed by atoms with van der Waals surface area (Å²) in [5.41, 5.74) is 3.34. The van der Waals surface area contributed by atoms with E-state index in [0.29, 0.717) is 88.7 Å². The molecule has 63 heavy (non-hydrogen) atoms. The second-order valence-electron chi connectivity index (χ2n) is 16.4. The van der Waals surface area contributed by atoms with Crippen LogP contribution in [0.1, 0.15) is 34.3 Å². The molecule has 17 nitrogen and oxygen atoms in total. The van der Waals surface area contributed by atoms with Gasteiger partial charge in [0.15, 0.2) is 0 Å². The van der Waals surface area contributed by atoms with Crippen LogP contribution in [0, 0.1) is 22.0 Å². The van der Waals surface area contributed by atoms with Gasteiger partial charge in [0, 0.05) is 99.5 Å². The Morgan fingerprint density at radius 1 is 0.968 bits per heavy atom. The lowest BCUT2D eigenvalue weighted by Crippen LogP contribution is -2.56. The van der Waals surface area contributed by atoms with Crippen LogP contribution >= 0.6 is 11.6 Å². The molecule has 1 unspecified atom stereocenters. The first-order valence-corrected chi connectivity index (χ1v) is 22.9. The molecule has 2 aromatic heterocycles. The number of fused-ring (bicyclic) bond motifs is 2. The quantitative estimate of drug-likeness (QED) is 0.0976. The van der Waals surface area contributed by atoms with E-state index in [2.05, 4.69) is 35.9 Å². The fraction of sp³-hybridized carbons (Fsp3) is 0.386. The fourth-order valence-electron chi connectivity index (χ4n) is 8.64. The molecule has 2 amide bonds. The Hall–Kier alpha value is -5.79. The lowest BCUT2D eigenvalue weighted by molar-refractivity contribution is -0.384. The minimum atomic E-state index is -4.58. The van der Waals surface area contributed by atoms with Crippen LogP contribution in [0.25, 0.3) is 11.0 Å². The molecule has 1 atom stereocenters.